The lowest BCUT2D eigenvalue weighted by Crippen LogP contribution is -2.34. The van der Waals surface area contributed by atoms with Crippen LogP contribution in [0.3, 0.4) is 0 Å². The Balaban J connectivity index is 1.59. The molecule has 7 heteroatoms. The first-order valence-corrected chi connectivity index (χ1v) is 9.71. The first kappa shape index (κ1) is 19.6. The molecular formula is C20H26ClN5O. The van der Waals surface area contributed by atoms with E-state index in [9.17, 15) is 4.79 Å². The molecule has 1 aromatic carbocycles. The van der Waals surface area contributed by atoms with Gasteiger partial charge in [-0.1, -0.05) is 29.8 Å². The summed E-state index contributed by atoms with van der Waals surface area (Å²) in [6.07, 6.45) is 1.83. The summed E-state index contributed by atoms with van der Waals surface area (Å²) >= 11 is 5.96. The van der Waals surface area contributed by atoms with Crippen LogP contribution < -0.4 is 21.1 Å². The minimum absolute atomic E-state index is 0.0141. The van der Waals surface area contributed by atoms with Gasteiger partial charge in [0.05, 0.1) is 12.0 Å². The van der Waals surface area contributed by atoms with Crippen molar-refractivity contribution in [2.45, 2.75) is 26.4 Å². The summed E-state index contributed by atoms with van der Waals surface area (Å²) in [6.45, 7) is 7.12. The highest BCUT2D eigenvalue weighted by atomic mass is 35.5. The normalized spacial score (nSPS) is 19.1. The van der Waals surface area contributed by atoms with Crippen molar-refractivity contribution < 1.29 is 4.79 Å². The standard InChI is InChI=1S/C20H26ClN5O/c1-3-26(4-2)18-10-5-14(11-22-18)12-23-20(27)17-13-24-25-19(17)15-6-8-16(21)9-7-15/h5-11,17,19,24-25H,3-4,12-13H2,1-2H3,(H,23,27). The van der Waals surface area contributed by atoms with Gasteiger partial charge in [0.15, 0.2) is 0 Å². The number of hydrogen-bond acceptors (Lipinski definition) is 5. The van der Waals surface area contributed by atoms with Crippen molar-refractivity contribution in [3.8, 4) is 0 Å². The Morgan fingerprint density at radius 3 is 2.59 bits per heavy atom. The second-order valence-electron chi connectivity index (χ2n) is 6.58. The van der Waals surface area contributed by atoms with Gasteiger partial charge in [-0.15, -0.1) is 0 Å². The largest absolute Gasteiger partial charge is 0.357 e. The van der Waals surface area contributed by atoms with E-state index in [1.165, 1.54) is 0 Å². The van der Waals surface area contributed by atoms with Crippen molar-refractivity contribution in [3.63, 3.8) is 0 Å². The topological polar surface area (TPSA) is 69.3 Å². The molecular weight excluding hydrogens is 362 g/mol. The number of carbonyl (C=O) groups is 1. The molecule has 0 spiro atoms. The number of pyridine rings is 1. The minimum atomic E-state index is -0.186. The minimum Gasteiger partial charge on any atom is -0.357 e. The van der Waals surface area contributed by atoms with Crippen molar-refractivity contribution in [2.75, 3.05) is 24.5 Å². The van der Waals surface area contributed by atoms with Gasteiger partial charge in [-0.25, -0.2) is 10.4 Å². The number of carbonyl (C=O) groups excluding carboxylic acids is 1. The fourth-order valence-electron chi connectivity index (χ4n) is 3.30. The third-order valence-electron chi connectivity index (χ3n) is 4.91. The summed E-state index contributed by atoms with van der Waals surface area (Å²) in [6, 6.07) is 11.5. The van der Waals surface area contributed by atoms with Gasteiger partial charge in [0.1, 0.15) is 5.82 Å². The molecule has 1 amide bonds. The number of amides is 1. The van der Waals surface area contributed by atoms with Gasteiger partial charge in [-0.3, -0.25) is 10.2 Å². The number of halogens is 1. The lowest BCUT2D eigenvalue weighted by atomic mass is 9.94. The zero-order chi connectivity index (χ0) is 19.2. The Labute approximate surface area is 165 Å². The average molecular weight is 388 g/mol. The summed E-state index contributed by atoms with van der Waals surface area (Å²) in [5.74, 6) is 0.788. The smallest absolute Gasteiger partial charge is 0.226 e. The van der Waals surface area contributed by atoms with Crippen LogP contribution in [0.4, 0.5) is 5.82 Å². The first-order chi connectivity index (χ1) is 13.1. The van der Waals surface area contributed by atoms with Crippen molar-refractivity contribution >= 4 is 23.3 Å². The average Bonchev–Trinajstić information content (AvgIpc) is 3.18. The summed E-state index contributed by atoms with van der Waals surface area (Å²) in [7, 11) is 0. The van der Waals surface area contributed by atoms with E-state index in [2.05, 4.69) is 39.9 Å². The van der Waals surface area contributed by atoms with Gasteiger partial charge < -0.3 is 10.2 Å². The Morgan fingerprint density at radius 1 is 1.22 bits per heavy atom. The predicted octanol–water partition coefficient (Wildman–Crippen LogP) is 2.66. The molecule has 2 aromatic rings. The second-order valence-corrected chi connectivity index (χ2v) is 7.01. The Kier molecular flexibility index (Phi) is 6.66. The number of hydrazine groups is 1. The third kappa shape index (κ3) is 4.77. The van der Waals surface area contributed by atoms with Crippen LogP contribution in [0.25, 0.3) is 0 Å². The Bertz CT molecular complexity index is 746. The van der Waals surface area contributed by atoms with E-state index >= 15 is 0 Å². The molecule has 27 heavy (non-hydrogen) atoms. The summed E-state index contributed by atoms with van der Waals surface area (Å²) in [5.41, 5.74) is 8.29. The fraction of sp³-hybridized carbons (Fsp3) is 0.400. The van der Waals surface area contributed by atoms with Crippen LogP contribution in [0.5, 0.6) is 0 Å². The summed E-state index contributed by atoms with van der Waals surface area (Å²) < 4.78 is 0. The van der Waals surface area contributed by atoms with E-state index in [0.29, 0.717) is 18.1 Å². The third-order valence-corrected chi connectivity index (χ3v) is 5.16. The fourth-order valence-corrected chi connectivity index (χ4v) is 3.43. The van der Waals surface area contributed by atoms with Gasteiger partial charge in [0, 0.05) is 37.4 Å². The van der Waals surface area contributed by atoms with Crippen LogP contribution in [0.2, 0.25) is 5.02 Å². The molecule has 2 unspecified atom stereocenters. The maximum absolute atomic E-state index is 12.7. The zero-order valence-corrected chi connectivity index (χ0v) is 16.5. The van der Waals surface area contributed by atoms with Crippen molar-refractivity contribution in [3.05, 3.63) is 58.7 Å². The van der Waals surface area contributed by atoms with Crippen molar-refractivity contribution in [1.29, 1.82) is 0 Å². The second kappa shape index (κ2) is 9.17. The quantitative estimate of drug-likeness (QED) is 0.681. The van der Waals surface area contributed by atoms with Gasteiger partial charge in [-0.2, -0.15) is 0 Å². The molecule has 0 radical (unpaired) electrons. The number of nitrogens with one attached hydrogen (secondary N) is 3. The van der Waals surface area contributed by atoms with Gasteiger partial charge >= 0.3 is 0 Å². The maximum Gasteiger partial charge on any atom is 0.226 e. The Hall–Kier alpha value is -2.15. The highest BCUT2D eigenvalue weighted by Crippen LogP contribution is 2.26. The lowest BCUT2D eigenvalue weighted by molar-refractivity contribution is -0.125. The Morgan fingerprint density at radius 2 is 1.96 bits per heavy atom. The maximum atomic E-state index is 12.7. The molecule has 0 saturated carbocycles. The lowest BCUT2D eigenvalue weighted by Gasteiger charge is -2.20. The monoisotopic (exact) mass is 387 g/mol. The van der Waals surface area contributed by atoms with Crippen LogP contribution in [-0.2, 0) is 11.3 Å². The molecule has 3 N–H and O–H groups in total. The predicted molar refractivity (Wildman–Crippen MR) is 108 cm³/mol. The number of rotatable bonds is 7. The molecule has 2 atom stereocenters. The molecule has 1 aliphatic heterocycles. The molecule has 2 heterocycles. The van der Waals surface area contributed by atoms with Gasteiger partial charge in [0.2, 0.25) is 5.91 Å². The molecule has 0 aliphatic carbocycles. The summed E-state index contributed by atoms with van der Waals surface area (Å²) in [4.78, 5) is 19.4. The highest BCUT2D eigenvalue weighted by Gasteiger charge is 2.33. The number of anilines is 1. The first-order valence-electron chi connectivity index (χ1n) is 9.33. The van der Waals surface area contributed by atoms with Gasteiger partial charge in [-0.05, 0) is 43.2 Å². The zero-order valence-electron chi connectivity index (χ0n) is 15.7. The van der Waals surface area contributed by atoms with E-state index in [1.807, 2.05) is 42.6 Å². The van der Waals surface area contributed by atoms with E-state index in [0.717, 1.165) is 30.0 Å². The van der Waals surface area contributed by atoms with Crippen LogP contribution in [0.15, 0.2) is 42.6 Å². The van der Waals surface area contributed by atoms with Crippen molar-refractivity contribution in [1.82, 2.24) is 21.2 Å². The molecule has 1 saturated heterocycles. The van der Waals surface area contributed by atoms with Crippen LogP contribution in [0, 0.1) is 5.92 Å². The number of hydrogen-bond donors (Lipinski definition) is 3. The van der Waals surface area contributed by atoms with E-state index in [1.54, 1.807) is 0 Å². The van der Waals surface area contributed by atoms with E-state index in [-0.39, 0.29) is 17.9 Å². The van der Waals surface area contributed by atoms with Crippen LogP contribution in [-0.4, -0.2) is 30.5 Å². The molecule has 144 valence electrons. The molecule has 3 rings (SSSR count). The SMILES string of the molecule is CCN(CC)c1ccc(CNC(=O)C2CNNC2c2ccc(Cl)cc2)cn1. The molecule has 1 fully saturated rings. The molecule has 6 nitrogen and oxygen atoms in total. The number of nitrogens with zero attached hydrogens (tertiary/aromatic N) is 2. The molecule has 0 bridgehead atoms. The van der Waals surface area contributed by atoms with E-state index in [4.69, 9.17) is 11.6 Å². The van der Waals surface area contributed by atoms with Crippen molar-refractivity contribution in [2.24, 2.45) is 5.92 Å². The molecule has 1 aliphatic rings. The van der Waals surface area contributed by atoms with E-state index < -0.39 is 0 Å². The highest BCUT2D eigenvalue weighted by molar-refractivity contribution is 6.30. The number of aromatic nitrogens is 1. The molecule has 1 aromatic heterocycles. The van der Waals surface area contributed by atoms with Crippen LogP contribution >= 0.6 is 11.6 Å². The van der Waals surface area contributed by atoms with Gasteiger partial charge in [0.25, 0.3) is 0 Å². The van der Waals surface area contributed by atoms with Crippen LogP contribution in [0.1, 0.15) is 31.0 Å². The summed E-state index contributed by atoms with van der Waals surface area (Å²) in [5, 5.41) is 3.72. The number of benzene rings is 1.